The lowest BCUT2D eigenvalue weighted by atomic mass is 10.1. The van der Waals surface area contributed by atoms with E-state index >= 15 is 0 Å². The fraction of sp³-hybridized carbons (Fsp3) is 0.900. The molecule has 2 rings (SSSR count). The van der Waals surface area contributed by atoms with Gasteiger partial charge in [-0.2, -0.15) is 0 Å². The van der Waals surface area contributed by atoms with E-state index in [0.717, 1.165) is 51.9 Å². The van der Waals surface area contributed by atoms with Gasteiger partial charge >= 0.3 is 0 Å². The second-order valence-electron chi connectivity index (χ2n) is 8.03. The molecular formula is C20H40N4O2+2. The average Bonchev–Trinajstić information content (AvgIpc) is 3.32. The molecular weight excluding hydrogens is 328 g/mol. The molecule has 0 aromatic carbocycles. The lowest BCUT2D eigenvalue weighted by Crippen LogP contribution is -3.10. The first-order valence-electron chi connectivity index (χ1n) is 10.9. The van der Waals surface area contributed by atoms with Crippen LogP contribution in [0.25, 0.3) is 0 Å². The topological polar surface area (TPSA) is 67.1 Å². The van der Waals surface area contributed by atoms with E-state index in [4.69, 9.17) is 0 Å². The molecule has 4 N–H and O–H groups in total. The second kappa shape index (κ2) is 13.1. The van der Waals surface area contributed by atoms with Crippen LogP contribution in [-0.2, 0) is 9.59 Å². The number of unbranched alkanes of at least 4 members (excludes halogenated alkanes) is 3. The van der Waals surface area contributed by atoms with Crippen molar-refractivity contribution in [3.63, 3.8) is 0 Å². The summed E-state index contributed by atoms with van der Waals surface area (Å²) in [6, 6.07) is 0. The molecule has 2 amide bonds. The molecule has 2 fully saturated rings. The molecule has 150 valence electrons. The third-order valence-electron chi connectivity index (χ3n) is 5.78. The zero-order valence-corrected chi connectivity index (χ0v) is 16.5. The van der Waals surface area contributed by atoms with Crippen LogP contribution in [0.15, 0.2) is 0 Å². The van der Waals surface area contributed by atoms with E-state index in [1.54, 1.807) is 9.80 Å². The Balaban J connectivity index is 1.33. The maximum Gasteiger partial charge on any atom is 0.220 e. The highest BCUT2D eigenvalue weighted by Gasteiger charge is 2.15. The Morgan fingerprint density at radius 1 is 0.615 bits per heavy atom. The Hall–Kier alpha value is -1.14. The summed E-state index contributed by atoms with van der Waals surface area (Å²) in [5.41, 5.74) is 0. The third-order valence-corrected chi connectivity index (χ3v) is 5.78. The molecule has 0 saturated carbocycles. The second-order valence-corrected chi connectivity index (χ2v) is 8.03. The van der Waals surface area contributed by atoms with Gasteiger partial charge in [-0.15, -0.1) is 0 Å². The number of nitrogens with one attached hydrogen (secondary N) is 4. The van der Waals surface area contributed by atoms with Gasteiger partial charge in [0.05, 0.1) is 52.4 Å². The van der Waals surface area contributed by atoms with Gasteiger partial charge in [0.1, 0.15) is 0 Å². The number of quaternary nitrogens is 2. The molecule has 0 atom stereocenters. The highest BCUT2D eigenvalue weighted by molar-refractivity contribution is 5.76. The fourth-order valence-electron chi connectivity index (χ4n) is 4.11. The predicted octanol–water partition coefficient (Wildman–Crippen LogP) is -1.08. The lowest BCUT2D eigenvalue weighted by molar-refractivity contribution is -0.886. The molecule has 0 aromatic rings. The number of hydrogen-bond donors (Lipinski definition) is 4. The number of rotatable bonds is 13. The van der Waals surface area contributed by atoms with Crippen LogP contribution >= 0.6 is 0 Å². The van der Waals surface area contributed by atoms with Gasteiger partial charge < -0.3 is 20.4 Å². The quantitative estimate of drug-likeness (QED) is 0.312. The van der Waals surface area contributed by atoms with E-state index < -0.39 is 0 Å². The SMILES string of the molecule is O=C(CCCCCCC(=O)NCC[NH+]1CCCC1)NCC[NH+]1CCCC1. The zero-order chi connectivity index (χ0) is 18.5. The van der Waals surface area contributed by atoms with Crippen LogP contribution in [0.1, 0.15) is 64.2 Å². The van der Waals surface area contributed by atoms with Gasteiger partial charge in [0.2, 0.25) is 11.8 Å². The van der Waals surface area contributed by atoms with Gasteiger partial charge in [-0.05, 0) is 12.8 Å². The van der Waals surface area contributed by atoms with Crippen molar-refractivity contribution in [2.45, 2.75) is 64.2 Å². The van der Waals surface area contributed by atoms with Gasteiger partial charge in [-0.3, -0.25) is 9.59 Å². The smallest absolute Gasteiger partial charge is 0.220 e. The van der Waals surface area contributed by atoms with Crippen LogP contribution in [0.4, 0.5) is 0 Å². The summed E-state index contributed by atoms with van der Waals surface area (Å²) in [6.45, 7) is 8.83. The zero-order valence-electron chi connectivity index (χ0n) is 16.5. The van der Waals surface area contributed by atoms with Crippen LogP contribution in [0, 0.1) is 0 Å². The Morgan fingerprint density at radius 2 is 1.00 bits per heavy atom. The van der Waals surface area contributed by atoms with Crippen molar-refractivity contribution in [3.8, 4) is 0 Å². The van der Waals surface area contributed by atoms with Gasteiger partial charge in [0.25, 0.3) is 0 Å². The molecule has 6 heteroatoms. The molecule has 0 spiro atoms. The van der Waals surface area contributed by atoms with Crippen molar-refractivity contribution >= 4 is 11.8 Å². The number of likely N-dealkylation sites (tertiary alicyclic amines) is 2. The molecule has 0 aliphatic carbocycles. The number of hydrogen-bond acceptors (Lipinski definition) is 2. The van der Waals surface area contributed by atoms with E-state index in [1.807, 2.05) is 0 Å². The van der Waals surface area contributed by atoms with Crippen molar-refractivity contribution in [2.24, 2.45) is 0 Å². The largest absolute Gasteiger partial charge is 0.350 e. The van der Waals surface area contributed by atoms with Gasteiger partial charge in [0, 0.05) is 38.5 Å². The Kier molecular flexibility index (Phi) is 10.7. The first-order valence-corrected chi connectivity index (χ1v) is 10.9. The normalized spacial score (nSPS) is 18.3. The molecule has 2 saturated heterocycles. The number of carbonyl (C=O) groups excluding carboxylic acids is 2. The van der Waals surface area contributed by atoms with E-state index in [9.17, 15) is 9.59 Å². The highest BCUT2D eigenvalue weighted by Crippen LogP contribution is 2.05. The summed E-state index contributed by atoms with van der Waals surface area (Å²) in [7, 11) is 0. The van der Waals surface area contributed by atoms with Crippen molar-refractivity contribution < 1.29 is 19.4 Å². The Bertz CT molecular complexity index is 367. The Labute approximate surface area is 159 Å². The van der Waals surface area contributed by atoms with Crippen molar-refractivity contribution in [2.75, 3.05) is 52.4 Å². The molecule has 0 unspecified atom stereocenters. The van der Waals surface area contributed by atoms with E-state index in [2.05, 4.69) is 10.6 Å². The van der Waals surface area contributed by atoms with Gasteiger partial charge in [-0.25, -0.2) is 0 Å². The fourth-order valence-corrected chi connectivity index (χ4v) is 4.11. The van der Waals surface area contributed by atoms with E-state index in [-0.39, 0.29) is 11.8 Å². The molecule has 0 radical (unpaired) electrons. The van der Waals surface area contributed by atoms with Crippen LogP contribution in [0.5, 0.6) is 0 Å². The molecule has 2 aliphatic rings. The van der Waals surface area contributed by atoms with Crippen LogP contribution in [-0.4, -0.2) is 64.2 Å². The van der Waals surface area contributed by atoms with Crippen LogP contribution < -0.4 is 20.4 Å². The van der Waals surface area contributed by atoms with Crippen molar-refractivity contribution in [3.05, 3.63) is 0 Å². The summed E-state index contributed by atoms with van der Waals surface area (Å²) >= 11 is 0. The monoisotopic (exact) mass is 368 g/mol. The van der Waals surface area contributed by atoms with Gasteiger partial charge in [0.15, 0.2) is 0 Å². The van der Waals surface area contributed by atoms with Crippen molar-refractivity contribution in [1.29, 1.82) is 0 Å². The van der Waals surface area contributed by atoms with Gasteiger partial charge in [-0.1, -0.05) is 12.8 Å². The minimum Gasteiger partial charge on any atom is -0.350 e. The van der Waals surface area contributed by atoms with E-state index in [1.165, 1.54) is 51.9 Å². The summed E-state index contributed by atoms with van der Waals surface area (Å²) in [5, 5.41) is 6.08. The molecule has 0 bridgehead atoms. The molecule has 2 aliphatic heterocycles. The summed E-state index contributed by atoms with van der Waals surface area (Å²) < 4.78 is 0. The predicted molar refractivity (Wildman–Crippen MR) is 103 cm³/mol. The highest BCUT2D eigenvalue weighted by atomic mass is 16.2. The number of amides is 2. The number of carbonyl (C=O) groups is 2. The molecule has 6 nitrogen and oxygen atoms in total. The van der Waals surface area contributed by atoms with Crippen LogP contribution in [0.2, 0.25) is 0 Å². The molecule has 0 aromatic heterocycles. The third kappa shape index (κ3) is 9.53. The van der Waals surface area contributed by atoms with E-state index in [0.29, 0.717) is 12.8 Å². The maximum absolute atomic E-state index is 11.8. The molecule has 26 heavy (non-hydrogen) atoms. The minimum absolute atomic E-state index is 0.186. The average molecular weight is 369 g/mol. The van der Waals surface area contributed by atoms with Crippen molar-refractivity contribution in [1.82, 2.24) is 10.6 Å². The minimum atomic E-state index is 0.186. The van der Waals surface area contributed by atoms with Crippen LogP contribution in [0.3, 0.4) is 0 Å². The standard InChI is InChI=1S/C20H38N4O2/c25-19(21-11-17-23-13-5-6-14-23)9-3-1-2-4-10-20(26)22-12-18-24-15-7-8-16-24/h1-18H2,(H,21,25)(H,22,26)/p+2. The summed E-state index contributed by atoms with van der Waals surface area (Å²) in [4.78, 5) is 26.9. The first kappa shape index (κ1) is 21.2. The molecule has 2 heterocycles. The first-order chi connectivity index (χ1) is 12.7. The lowest BCUT2D eigenvalue weighted by Gasteiger charge is -2.12. The summed E-state index contributed by atoms with van der Waals surface area (Å²) in [5.74, 6) is 0.372. The Morgan fingerprint density at radius 3 is 1.38 bits per heavy atom. The maximum atomic E-state index is 11.8. The summed E-state index contributed by atoms with van der Waals surface area (Å²) in [6.07, 6.45) is 10.5.